The molecule has 0 aliphatic carbocycles. The highest BCUT2D eigenvalue weighted by molar-refractivity contribution is 7.11. The number of thiophene rings is 1. The number of nitrogens with two attached hydrogens (primary N) is 1. The maximum atomic E-state index is 13.0. The number of fused-ring (bicyclic) bond motifs is 2. The molecule has 0 radical (unpaired) electrons. The minimum atomic E-state index is -0.247. The molecule has 7 nitrogen and oxygen atoms in total. The Hall–Kier alpha value is -3.26. The zero-order chi connectivity index (χ0) is 20.9. The van der Waals surface area contributed by atoms with Crippen LogP contribution in [0.4, 0.5) is 5.82 Å². The number of carbonyl (C=O) groups is 1. The smallest absolute Gasteiger partial charge is 0.257 e. The molecule has 3 N–H and O–H groups in total. The van der Waals surface area contributed by atoms with Crippen LogP contribution in [0.2, 0.25) is 0 Å². The van der Waals surface area contributed by atoms with Gasteiger partial charge in [-0.2, -0.15) is 9.78 Å². The molecule has 3 heterocycles. The van der Waals surface area contributed by atoms with Gasteiger partial charge in [0.15, 0.2) is 5.65 Å². The zero-order valence-corrected chi connectivity index (χ0v) is 17.7. The van der Waals surface area contributed by atoms with Crippen LogP contribution in [0.15, 0.2) is 46.9 Å². The number of benzene rings is 1. The van der Waals surface area contributed by atoms with Gasteiger partial charge in [0.25, 0.3) is 5.91 Å². The molecule has 0 fully saturated rings. The maximum Gasteiger partial charge on any atom is 0.257 e. The molecule has 0 saturated heterocycles. The topological polar surface area (TPSA) is 98.2 Å². The third kappa shape index (κ3) is 4.04. The highest BCUT2D eigenvalue weighted by atomic mass is 32.1. The molecule has 0 spiro atoms. The average molecular weight is 421 g/mol. The summed E-state index contributed by atoms with van der Waals surface area (Å²) in [6.07, 6.45) is 6.04. The summed E-state index contributed by atoms with van der Waals surface area (Å²) in [6, 6.07) is 11.5. The second kappa shape index (κ2) is 9.04. The average Bonchev–Trinajstić information content (AvgIpc) is 3.36. The van der Waals surface area contributed by atoms with Crippen molar-refractivity contribution in [1.29, 1.82) is 0 Å². The molecule has 3 aromatic heterocycles. The van der Waals surface area contributed by atoms with Crippen LogP contribution in [0.1, 0.15) is 47.8 Å². The standard InChI is InChI=1S/C22H24N6OS/c1-2-3-4-7-12-24-22(29)18-19-21(27-17-11-6-5-10-16(17)26-19)28(20(18)23)25-14-15-9-8-13-30-15/h5-6,8-11,13-14H,2-4,7,12,23H2,1H3,(H,24,29)/b25-14-. The Labute approximate surface area is 178 Å². The van der Waals surface area contributed by atoms with Gasteiger partial charge >= 0.3 is 0 Å². The molecule has 30 heavy (non-hydrogen) atoms. The van der Waals surface area contributed by atoms with Crippen molar-refractivity contribution in [2.24, 2.45) is 5.10 Å². The maximum absolute atomic E-state index is 13.0. The summed E-state index contributed by atoms with van der Waals surface area (Å²) < 4.78 is 1.50. The lowest BCUT2D eigenvalue weighted by Gasteiger charge is -2.05. The van der Waals surface area contributed by atoms with Crippen molar-refractivity contribution >= 4 is 51.5 Å². The van der Waals surface area contributed by atoms with E-state index in [1.54, 1.807) is 17.6 Å². The largest absolute Gasteiger partial charge is 0.383 e. The van der Waals surface area contributed by atoms with Crippen molar-refractivity contribution in [2.45, 2.75) is 32.6 Å². The van der Waals surface area contributed by atoms with Crippen molar-refractivity contribution in [3.05, 3.63) is 52.2 Å². The molecule has 4 rings (SSSR count). The predicted octanol–water partition coefficient (Wildman–Crippen LogP) is 4.42. The highest BCUT2D eigenvalue weighted by Crippen LogP contribution is 2.28. The fourth-order valence-corrected chi connectivity index (χ4v) is 3.89. The number of carbonyl (C=O) groups excluding carboxylic acids is 1. The Balaban J connectivity index is 1.75. The first-order chi connectivity index (χ1) is 14.7. The van der Waals surface area contributed by atoms with Gasteiger partial charge in [0.2, 0.25) is 0 Å². The molecule has 1 amide bonds. The van der Waals surface area contributed by atoms with Gasteiger partial charge in [0, 0.05) is 11.4 Å². The highest BCUT2D eigenvalue weighted by Gasteiger charge is 2.23. The summed E-state index contributed by atoms with van der Waals surface area (Å²) >= 11 is 1.57. The van der Waals surface area contributed by atoms with E-state index in [0.717, 1.165) is 36.1 Å². The molecule has 1 aromatic carbocycles. The Morgan fingerprint density at radius 3 is 2.70 bits per heavy atom. The summed E-state index contributed by atoms with van der Waals surface area (Å²) in [5, 5.41) is 9.45. The molecule has 8 heteroatoms. The van der Waals surface area contributed by atoms with E-state index in [0.29, 0.717) is 28.8 Å². The second-order valence-corrected chi connectivity index (χ2v) is 8.01. The number of hydrogen-bond donors (Lipinski definition) is 2. The molecular weight excluding hydrogens is 396 g/mol. The number of rotatable bonds is 8. The SMILES string of the molecule is CCCCCCNC(=O)c1c(N)n(/N=C\c2cccs2)c2nc3ccccc3nc12. The van der Waals surface area contributed by atoms with Gasteiger partial charge in [-0.1, -0.05) is 44.4 Å². The van der Waals surface area contributed by atoms with Gasteiger partial charge in [-0.15, -0.1) is 11.3 Å². The number of aromatic nitrogens is 3. The Bertz CT molecular complexity index is 1200. The normalized spacial score (nSPS) is 11.6. The lowest BCUT2D eigenvalue weighted by atomic mass is 10.2. The lowest BCUT2D eigenvalue weighted by molar-refractivity contribution is 0.0955. The van der Waals surface area contributed by atoms with Crippen LogP contribution in [0, 0.1) is 0 Å². The van der Waals surface area contributed by atoms with E-state index in [9.17, 15) is 4.79 Å². The molecule has 4 aromatic rings. The third-order valence-electron chi connectivity index (χ3n) is 4.86. The van der Waals surface area contributed by atoms with Gasteiger partial charge in [-0.05, 0) is 30.0 Å². The summed E-state index contributed by atoms with van der Waals surface area (Å²) in [4.78, 5) is 23.3. The van der Waals surface area contributed by atoms with E-state index >= 15 is 0 Å². The van der Waals surface area contributed by atoms with E-state index in [2.05, 4.69) is 22.3 Å². The molecule has 0 aliphatic heterocycles. The quantitative estimate of drug-likeness (QED) is 0.326. The van der Waals surface area contributed by atoms with E-state index < -0.39 is 0 Å². The number of nitrogens with one attached hydrogen (secondary N) is 1. The van der Waals surface area contributed by atoms with Crippen LogP contribution in [0.3, 0.4) is 0 Å². The Morgan fingerprint density at radius 1 is 1.17 bits per heavy atom. The van der Waals surface area contributed by atoms with Gasteiger partial charge < -0.3 is 11.1 Å². The van der Waals surface area contributed by atoms with Gasteiger partial charge in [0.05, 0.1) is 17.2 Å². The van der Waals surface area contributed by atoms with Crippen molar-refractivity contribution in [3.8, 4) is 0 Å². The van der Waals surface area contributed by atoms with Gasteiger partial charge in [0.1, 0.15) is 16.9 Å². The fraction of sp³-hybridized carbons (Fsp3) is 0.273. The number of unbranched alkanes of at least 4 members (excludes halogenated alkanes) is 3. The van der Waals surface area contributed by atoms with Crippen molar-refractivity contribution < 1.29 is 4.79 Å². The Kier molecular flexibility index (Phi) is 6.04. The van der Waals surface area contributed by atoms with E-state index in [1.807, 2.05) is 41.8 Å². The number of amides is 1. The van der Waals surface area contributed by atoms with Crippen molar-refractivity contribution in [2.75, 3.05) is 12.3 Å². The summed E-state index contributed by atoms with van der Waals surface area (Å²) in [7, 11) is 0. The monoisotopic (exact) mass is 420 g/mol. The predicted molar refractivity (Wildman–Crippen MR) is 123 cm³/mol. The molecule has 0 saturated carbocycles. The first kappa shape index (κ1) is 20.0. The zero-order valence-electron chi connectivity index (χ0n) is 16.8. The molecule has 0 atom stereocenters. The second-order valence-electron chi connectivity index (χ2n) is 7.03. The van der Waals surface area contributed by atoms with Gasteiger partial charge in [-0.25, -0.2) is 9.97 Å². The third-order valence-corrected chi connectivity index (χ3v) is 5.67. The van der Waals surface area contributed by atoms with Crippen LogP contribution in [-0.2, 0) is 0 Å². The van der Waals surface area contributed by atoms with E-state index in [1.165, 1.54) is 4.68 Å². The van der Waals surface area contributed by atoms with Crippen LogP contribution < -0.4 is 11.1 Å². The lowest BCUT2D eigenvalue weighted by Crippen LogP contribution is -2.25. The Morgan fingerprint density at radius 2 is 1.97 bits per heavy atom. The number of para-hydroxylation sites is 2. The molecule has 0 aliphatic rings. The number of hydrogen-bond acceptors (Lipinski definition) is 6. The molecule has 154 valence electrons. The molecule has 0 bridgehead atoms. The van der Waals surface area contributed by atoms with Crippen molar-refractivity contribution in [3.63, 3.8) is 0 Å². The minimum Gasteiger partial charge on any atom is -0.383 e. The molecular formula is C22H24N6OS. The number of anilines is 1. The van der Waals surface area contributed by atoms with Crippen LogP contribution >= 0.6 is 11.3 Å². The number of nitrogens with zero attached hydrogens (tertiary/aromatic N) is 4. The summed E-state index contributed by atoms with van der Waals surface area (Å²) in [5.41, 5.74) is 9.06. The first-order valence-corrected chi connectivity index (χ1v) is 11.0. The summed E-state index contributed by atoms with van der Waals surface area (Å²) in [5.74, 6) is -0.0113. The number of nitrogen functional groups attached to an aromatic ring is 1. The van der Waals surface area contributed by atoms with Crippen LogP contribution in [-0.4, -0.2) is 33.3 Å². The van der Waals surface area contributed by atoms with E-state index in [-0.39, 0.29) is 11.7 Å². The van der Waals surface area contributed by atoms with E-state index in [4.69, 9.17) is 10.7 Å². The van der Waals surface area contributed by atoms with Gasteiger partial charge in [-0.3, -0.25) is 4.79 Å². The summed E-state index contributed by atoms with van der Waals surface area (Å²) in [6.45, 7) is 2.76. The van der Waals surface area contributed by atoms with Crippen LogP contribution in [0.25, 0.3) is 22.2 Å². The van der Waals surface area contributed by atoms with Crippen LogP contribution in [0.5, 0.6) is 0 Å². The van der Waals surface area contributed by atoms with Crippen molar-refractivity contribution in [1.82, 2.24) is 20.0 Å². The fourth-order valence-electron chi connectivity index (χ4n) is 3.31. The molecule has 0 unspecified atom stereocenters. The minimum absolute atomic E-state index is 0.235. The first-order valence-electron chi connectivity index (χ1n) is 10.1.